The van der Waals surface area contributed by atoms with Crippen molar-refractivity contribution in [3.05, 3.63) is 89.6 Å². The van der Waals surface area contributed by atoms with Crippen LogP contribution >= 0.6 is 0 Å². The highest BCUT2D eigenvalue weighted by atomic mass is 16.5. The van der Waals surface area contributed by atoms with E-state index in [0.717, 1.165) is 75.6 Å². The van der Waals surface area contributed by atoms with Gasteiger partial charge in [0, 0.05) is 50.1 Å². The molecule has 2 fully saturated rings. The maximum Gasteiger partial charge on any atom is 0.322 e. The van der Waals surface area contributed by atoms with Crippen molar-refractivity contribution in [3.63, 3.8) is 0 Å². The van der Waals surface area contributed by atoms with Gasteiger partial charge in [-0.1, -0.05) is 42.5 Å². The second kappa shape index (κ2) is 13.2. The molecule has 1 saturated carbocycles. The van der Waals surface area contributed by atoms with Gasteiger partial charge < -0.3 is 15.4 Å². The average molecular weight is 525 g/mol. The molecule has 39 heavy (non-hydrogen) atoms. The monoisotopic (exact) mass is 524 g/mol. The molecule has 202 valence electrons. The molecule has 0 spiro atoms. The van der Waals surface area contributed by atoms with Gasteiger partial charge in [0.1, 0.15) is 11.9 Å². The molecule has 2 aromatic carbocycles. The number of nitriles is 1. The van der Waals surface area contributed by atoms with Crippen LogP contribution in [0.4, 0.5) is 16.3 Å². The molecule has 1 aliphatic heterocycles. The zero-order chi connectivity index (χ0) is 26.9. The van der Waals surface area contributed by atoms with Crippen LogP contribution in [0.25, 0.3) is 0 Å². The van der Waals surface area contributed by atoms with E-state index in [4.69, 9.17) is 10.00 Å². The predicted octanol–water partition coefficient (Wildman–Crippen LogP) is 4.92. The van der Waals surface area contributed by atoms with E-state index in [0.29, 0.717) is 12.1 Å². The van der Waals surface area contributed by atoms with Gasteiger partial charge in [-0.2, -0.15) is 5.26 Å². The topological polar surface area (TPSA) is 93.5 Å². The van der Waals surface area contributed by atoms with E-state index in [1.165, 1.54) is 5.56 Å². The van der Waals surface area contributed by atoms with Crippen LogP contribution in [0, 0.1) is 11.3 Å². The fraction of sp³-hybridized carbons (Fsp3) is 0.387. The first kappa shape index (κ1) is 26.7. The highest BCUT2D eigenvalue weighted by molar-refractivity contribution is 5.92. The zero-order valence-electron chi connectivity index (χ0n) is 22.3. The minimum absolute atomic E-state index is 0.0649. The van der Waals surface area contributed by atoms with Crippen molar-refractivity contribution in [1.29, 1.82) is 5.26 Å². The van der Waals surface area contributed by atoms with Crippen molar-refractivity contribution in [2.75, 3.05) is 36.5 Å². The molecule has 1 saturated heterocycles. The van der Waals surface area contributed by atoms with Gasteiger partial charge in [0.2, 0.25) is 0 Å². The van der Waals surface area contributed by atoms with Gasteiger partial charge in [-0.25, -0.2) is 9.78 Å². The number of carbonyl (C=O) groups is 1. The van der Waals surface area contributed by atoms with Crippen molar-refractivity contribution in [2.45, 2.75) is 50.9 Å². The van der Waals surface area contributed by atoms with Gasteiger partial charge in [0.05, 0.1) is 18.8 Å². The van der Waals surface area contributed by atoms with E-state index in [9.17, 15) is 4.79 Å². The van der Waals surface area contributed by atoms with Gasteiger partial charge >= 0.3 is 6.03 Å². The van der Waals surface area contributed by atoms with E-state index in [1.54, 1.807) is 12.3 Å². The van der Waals surface area contributed by atoms with Crippen LogP contribution in [-0.4, -0.2) is 54.3 Å². The summed E-state index contributed by atoms with van der Waals surface area (Å²) in [6.07, 6.45) is 5.24. The molecule has 8 heteroatoms. The number of aromatic nitrogens is 1. The summed E-state index contributed by atoms with van der Waals surface area (Å²) in [7, 11) is 0. The van der Waals surface area contributed by atoms with Crippen LogP contribution in [0.5, 0.6) is 0 Å². The summed E-state index contributed by atoms with van der Waals surface area (Å²) in [5, 5.41) is 15.7. The molecule has 0 bridgehead atoms. The number of ether oxygens (including phenoxy) is 1. The number of pyridine rings is 1. The molecule has 2 heterocycles. The standard InChI is InChI=1S/C31H36N6O2/c32-20-26-8-15-30(33-22-26)35-27-9-13-29(14-10-27)37(31(38)34-21-24-4-2-1-3-5-24)28-11-6-25(7-12-28)23-36-16-18-39-19-17-36/h1-8,11-12,15,22,27,29H,9-10,13-14,16-19,21,23H2,(H,33,35)(H,34,38)/t27-,29-. The van der Waals surface area contributed by atoms with Crippen LogP contribution in [0.15, 0.2) is 72.9 Å². The first-order chi connectivity index (χ1) is 19.2. The van der Waals surface area contributed by atoms with E-state index in [1.807, 2.05) is 41.3 Å². The summed E-state index contributed by atoms with van der Waals surface area (Å²) < 4.78 is 5.47. The number of nitrogens with one attached hydrogen (secondary N) is 2. The van der Waals surface area contributed by atoms with Gasteiger partial charge in [-0.3, -0.25) is 9.80 Å². The van der Waals surface area contributed by atoms with Crippen molar-refractivity contribution in [1.82, 2.24) is 15.2 Å². The third-order valence-electron chi connectivity index (χ3n) is 7.54. The number of nitrogens with zero attached hydrogens (tertiary/aromatic N) is 4. The van der Waals surface area contributed by atoms with E-state index >= 15 is 0 Å². The normalized spacial score (nSPS) is 19.6. The molecule has 2 N–H and O–H groups in total. The van der Waals surface area contributed by atoms with E-state index in [2.05, 4.69) is 50.9 Å². The maximum absolute atomic E-state index is 13.6. The Hall–Kier alpha value is -3.93. The van der Waals surface area contributed by atoms with Crippen LogP contribution < -0.4 is 15.5 Å². The van der Waals surface area contributed by atoms with Crippen LogP contribution in [0.1, 0.15) is 42.4 Å². The number of hydrogen-bond donors (Lipinski definition) is 2. The average Bonchev–Trinajstić information content (AvgIpc) is 2.99. The zero-order valence-corrected chi connectivity index (χ0v) is 22.3. The van der Waals surface area contributed by atoms with Crippen LogP contribution in [-0.2, 0) is 17.8 Å². The Balaban J connectivity index is 1.25. The minimum Gasteiger partial charge on any atom is -0.379 e. The lowest BCUT2D eigenvalue weighted by Crippen LogP contribution is -2.48. The number of urea groups is 1. The van der Waals surface area contributed by atoms with Gasteiger partial charge in [0.15, 0.2) is 0 Å². The first-order valence-electron chi connectivity index (χ1n) is 13.8. The Labute approximate surface area is 230 Å². The molecule has 3 aromatic rings. The third-order valence-corrected chi connectivity index (χ3v) is 7.54. The Morgan fingerprint density at radius 3 is 2.38 bits per heavy atom. The summed E-state index contributed by atoms with van der Waals surface area (Å²) in [5.41, 5.74) is 3.80. The second-order valence-corrected chi connectivity index (χ2v) is 10.3. The second-order valence-electron chi connectivity index (χ2n) is 10.3. The molecule has 8 nitrogen and oxygen atoms in total. The number of anilines is 2. The third kappa shape index (κ3) is 7.34. The van der Waals surface area contributed by atoms with Crippen LogP contribution in [0.3, 0.4) is 0 Å². The highest BCUT2D eigenvalue weighted by Crippen LogP contribution is 2.30. The predicted molar refractivity (Wildman–Crippen MR) is 152 cm³/mol. The van der Waals surface area contributed by atoms with Gasteiger partial charge in [-0.15, -0.1) is 0 Å². The lowest BCUT2D eigenvalue weighted by molar-refractivity contribution is 0.0342. The number of benzene rings is 2. The molecular weight excluding hydrogens is 488 g/mol. The summed E-state index contributed by atoms with van der Waals surface area (Å²) in [5.74, 6) is 0.783. The molecule has 0 atom stereocenters. The fourth-order valence-electron chi connectivity index (χ4n) is 5.36. The number of rotatable bonds is 8. The summed E-state index contributed by atoms with van der Waals surface area (Å²) in [6.45, 7) is 4.85. The summed E-state index contributed by atoms with van der Waals surface area (Å²) in [4.78, 5) is 22.3. The SMILES string of the molecule is N#Cc1ccc(N[C@H]2CC[C@H](N(C(=O)NCc3ccccc3)c3ccc(CN4CCOCC4)cc3)CC2)nc1. The minimum atomic E-state index is -0.0649. The lowest BCUT2D eigenvalue weighted by atomic mass is 9.89. The molecule has 0 unspecified atom stereocenters. The molecule has 1 aliphatic carbocycles. The highest BCUT2D eigenvalue weighted by Gasteiger charge is 2.30. The fourth-order valence-corrected chi connectivity index (χ4v) is 5.36. The quantitative estimate of drug-likeness (QED) is 0.434. The Kier molecular flexibility index (Phi) is 9.05. The van der Waals surface area contributed by atoms with Crippen molar-refractivity contribution in [3.8, 4) is 6.07 Å². The molecule has 2 aliphatic rings. The molecule has 0 radical (unpaired) electrons. The Morgan fingerprint density at radius 2 is 1.72 bits per heavy atom. The number of morpholine rings is 1. The van der Waals surface area contributed by atoms with Crippen LogP contribution in [0.2, 0.25) is 0 Å². The largest absolute Gasteiger partial charge is 0.379 e. The molecule has 1 aromatic heterocycles. The van der Waals surface area contributed by atoms with Gasteiger partial charge in [0.25, 0.3) is 0 Å². The molecule has 2 amide bonds. The number of amides is 2. The summed E-state index contributed by atoms with van der Waals surface area (Å²) >= 11 is 0. The number of hydrogen-bond acceptors (Lipinski definition) is 6. The van der Waals surface area contributed by atoms with Crippen molar-refractivity contribution in [2.24, 2.45) is 0 Å². The molecule has 5 rings (SSSR count). The van der Waals surface area contributed by atoms with E-state index < -0.39 is 0 Å². The Bertz CT molecular complexity index is 1230. The summed E-state index contributed by atoms with van der Waals surface area (Å²) in [6, 6.07) is 24.5. The molecular formula is C31H36N6O2. The lowest BCUT2D eigenvalue weighted by Gasteiger charge is -2.37. The number of carbonyl (C=O) groups excluding carboxylic acids is 1. The smallest absolute Gasteiger partial charge is 0.322 e. The Morgan fingerprint density at radius 1 is 0.974 bits per heavy atom. The van der Waals surface area contributed by atoms with Crippen molar-refractivity contribution >= 4 is 17.5 Å². The maximum atomic E-state index is 13.6. The van der Waals surface area contributed by atoms with Gasteiger partial charge in [-0.05, 0) is 61.1 Å². The first-order valence-corrected chi connectivity index (χ1v) is 13.8. The van der Waals surface area contributed by atoms with E-state index in [-0.39, 0.29) is 18.1 Å². The van der Waals surface area contributed by atoms with Crippen molar-refractivity contribution < 1.29 is 9.53 Å².